The van der Waals surface area contributed by atoms with Crippen LogP contribution in [0.25, 0.3) is 11.0 Å². The van der Waals surface area contributed by atoms with Crippen LogP contribution in [0.5, 0.6) is 0 Å². The van der Waals surface area contributed by atoms with Crippen molar-refractivity contribution in [3.05, 3.63) is 34.1 Å². The smallest absolute Gasteiger partial charge is 0.271 e. The molecular formula is C14H18N4O3. The minimum atomic E-state index is -0.451. The number of benzene rings is 1. The Bertz CT molecular complexity index is 678. The van der Waals surface area contributed by atoms with Crippen LogP contribution in [0.4, 0.5) is 5.69 Å². The highest BCUT2D eigenvalue weighted by molar-refractivity contribution is 5.79. The molecule has 0 aliphatic carbocycles. The molecular weight excluding hydrogens is 272 g/mol. The zero-order valence-corrected chi connectivity index (χ0v) is 12.2. The quantitative estimate of drug-likeness (QED) is 0.653. The largest absolute Gasteiger partial charge is 0.346 e. The van der Waals surface area contributed by atoms with E-state index in [1.54, 1.807) is 6.07 Å². The number of aromatic nitrogens is 2. The first-order valence-corrected chi connectivity index (χ1v) is 6.80. The predicted octanol–water partition coefficient (Wildman–Crippen LogP) is 2.69. The van der Waals surface area contributed by atoms with E-state index in [0.717, 1.165) is 0 Å². The molecule has 1 heterocycles. The summed E-state index contributed by atoms with van der Waals surface area (Å²) >= 11 is 0. The van der Waals surface area contributed by atoms with Gasteiger partial charge in [0.05, 0.1) is 22.0 Å². The van der Waals surface area contributed by atoms with Gasteiger partial charge in [-0.2, -0.15) is 0 Å². The highest BCUT2D eigenvalue weighted by atomic mass is 16.6. The number of H-pyrrole nitrogens is 1. The van der Waals surface area contributed by atoms with Crippen LogP contribution in [0.2, 0.25) is 0 Å². The van der Waals surface area contributed by atoms with Crippen LogP contribution in [0.1, 0.15) is 39.1 Å². The third-order valence-corrected chi connectivity index (χ3v) is 3.08. The Balaban J connectivity index is 2.18. The van der Waals surface area contributed by atoms with Gasteiger partial charge in [0.15, 0.2) is 0 Å². The van der Waals surface area contributed by atoms with Crippen LogP contribution in [0.3, 0.4) is 0 Å². The summed E-state index contributed by atoms with van der Waals surface area (Å²) in [6, 6.07) is 4.17. The van der Waals surface area contributed by atoms with Gasteiger partial charge in [0.25, 0.3) is 5.69 Å². The van der Waals surface area contributed by atoms with Crippen molar-refractivity contribution in [1.82, 2.24) is 15.3 Å². The predicted molar refractivity (Wildman–Crippen MR) is 78.8 cm³/mol. The molecule has 1 unspecified atom stereocenters. The third-order valence-electron chi connectivity index (χ3n) is 3.08. The molecule has 2 rings (SSSR count). The number of carbonyl (C=O) groups is 1. The van der Waals surface area contributed by atoms with Crippen molar-refractivity contribution >= 4 is 22.6 Å². The number of amides is 1. The second-order valence-corrected chi connectivity index (χ2v) is 5.47. The van der Waals surface area contributed by atoms with Crippen molar-refractivity contribution in [2.75, 3.05) is 0 Å². The number of imidazole rings is 1. The monoisotopic (exact) mass is 290 g/mol. The molecule has 0 radical (unpaired) electrons. The molecule has 1 aromatic heterocycles. The Kier molecular flexibility index (Phi) is 4.21. The highest BCUT2D eigenvalue weighted by Gasteiger charge is 2.15. The van der Waals surface area contributed by atoms with Gasteiger partial charge in [-0.15, -0.1) is 0 Å². The molecule has 112 valence electrons. The third kappa shape index (κ3) is 3.56. The molecule has 7 heteroatoms. The summed E-state index contributed by atoms with van der Waals surface area (Å²) in [5, 5.41) is 13.6. The van der Waals surface area contributed by atoms with Gasteiger partial charge in [0.1, 0.15) is 5.82 Å². The number of nitrogens with one attached hydrogen (secondary N) is 2. The Morgan fingerprint density at radius 2 is 2.14 bits per heavy atom. The molecule has 1 amide bonds. The van der Waals surface area contributed by atoms with E-state index in [4.69, 9.17) is 0 Å². The number of hydrogen-bond acceptors (Lipinski definition) is 4. The van der Waals surface area contributed by atoms with Crippen LogP contribution in [-0.2, 0) is 4.79 Å². The lowest BCUT2D eigenvalue weighted by Gasteiger charge is -2.12. The minimum Gasteiger partial charge on any atom is -0.346 e. The van der Waals surface area contributed by atoms with Crippen molar-refractivity contribution in [1.29, 1.82) is 0 Å². The zero-order chi connectivity index (χ0) is 15.6. The summed E-state index contributed by atoms with van der Waals surface area (Å²) < 4.78 is 0. The van der Waals surface area contributed by atoms with Crippen molar-refractivity contribution in [2.45, 2.75) is 33.2 Å². The van der Waals surface area contributed by atoms with Gasteiger partial charge in [0.2, 0.25) is 5.91 Å². The lowest BCUT2D eigenvalue weighted by molar-refractivity contribution is -0.384. The van der Waals surface area contributed by atoms with E-state index in [1.165, 1.54) is 12.1 Å². The molecule has 0 saturated heterocycles. The fourth-order valence-electron chi connectivity index (χ4n) is 2.08. The zero-order valence-electron chi connectivity index (χ0n) is 12.2. The normalized spacial score (nSPS) is 12.6. The van der Waals surface area contributed by atoms with Crippen LogP contribution in [-0.4, -0.2) is 20.8 Å². The van der Waals surface area contributed by atoms with Crippen molar-refractivity contribution in [3.63, 3.8) is 0 Å². The number of nitro benzene ring substituents is 1. The summed E-state index contributed by atoms with van der Waals surface area (Å²) in [4.78, 5) is 29.4. The molecule has 2 N–H and O–H groups in total. The first-order chi connectivity index (χ1) is 9.86. The van der Waals surface area contributed by atoms with E-state index in [9.17, 15) is 14.9 Å². The molecule has 0 aliphatic heterocycles. The number of carbonyl (C=O) groups excluding carboxylic acids is 1. The highest BCUT2D eigenvalue weighted by Crippen LogP contribution is 2.21. The van der Waals surface area contributed by atoms with Gasteiger partial charge >= 0.3 is 0 Å². The second-order valence-electron chi connectivity index (χ2n) is 5.47. The number of non-ortho nitro benzene ring substituents is 1. The summed E-state index contributed by atoms with van der Waals surface area (Å²) in [5.41, 5.74) is 1.24. The SMILES string of the molecule is CC(C)CC(=O)NC(C)c1nc2ccc([N+](=O)[O-])cc2[nH]1. The standard InChI is InChI=1S/C14H18N4O3/c1-8(2)6-13(19)15-9(3)14-16-11-5-4-10(18(20)21)7-12(11)17-14/h4-5,7-9H,6H2,1-3H3,(H,15,19)(H,16,17). The first kappa shape index (κ1) is 15.0. The van der Waals surface area contributed by atoms with Crippen LogP contribution in [0, 0.1) is 16.0 Å². The maximum Gasteiger partial charge on any atom is 0.271 e. The summed E-state index contributed by atoms with van der Waals surface area (Å²) in [7, 11) is 0. The van der Waals surface area contributed by atoms with E-state index >= 15 is 0 Å². The fraction of sp³-hybridized carbons (Fsp3) is 0.429. The fourth-order valence-corrected chi connectivity index (χ4v) is 2.08. The van der Waals surface area contributed by atoms with Crippen LogP contribution < -0.4 is 5.32 Å². The summed E-state index contributed by atoms with van der Waals surface area (Å²) in [6.45, 7) is 5.78. The van der Waals surface area contributed by atoms with E-state index in [-0.39, 0.29) is 23.6 Å². The average Bonchev–Trinajstić information content (AvgIpc) is 2.80. The minimum absolute atomic E-state index is 0.00852. The van der Waals surface area contributed by atoms with Gasteiger partial charge in [-0.3, -0.25) is 14.9 Å². The topological polar surface area (TPSA) is 101 Å². The Labute approximate surface area is 121 Å². The first-order valence-electron chi connectivity index (χ1n) is 6.80. The molecule has 1 atom stereocenters. The molecule has 0 bridgehead atoms. The average molecular weight is 290 g/mol. The van der Waals surface area contributed by atoms with Crippen molar-refractivity contribution in [2.24, 2.45) is 5.92 Å². The van der Waals surface area contributed by atoms with Crippen molar-refractivity contribution in [3.8, 4) is 0 Å². The van der Waals surface area contributed by atoms with E-state index in [0.29, 0.717) is 23.3 Å². The second kappa shape index (κ2) is 5.90. The maximum atomic E-state index is 11.8. The van der Waals surface area contributed by atoms with Gasteiger partial charge in [-0.1, -0.05) is 13.8 Å². The van der Waals surface area contributed by atoms with Gasteiger partial charge in [-0.25, -0.2) is 4.98 Å². The molecule has 7 nitrogen and oxygen atoms in total. The Morgan fingerprint density at radius 1 is 1.43 bits per heavy atom. The summed E-state index contributed by atoms with van der Waals surface area (Å²) in [6.07, 6.45) is 0.454. The van der Waals surface area contributed by atoms with E-state index in [2.05, 4.69) is 15.3 Å². The lowest BCUT2D eigenvalue weighted by Crippen LogP contribution is -2.28. The molecule has 0 spiro atoms. The molecule has 0 saturated carbocycles. The van der Waals surface area contributed by atoms with Crippen molar-refractivity contribution < 1.29 is 9.72 Å². The number of rotatable bonds is 5. The van der Waals surface area contributed by atoms with Crippen LogP contribution in [0.15, 0.2) is 18.2 Å². The number of nitrogens with zero attached hydrogens (tertiary/aromatic N) is 2. The molecule has 21 heavy (non-hydrogen) atoms. The number of nitro groups is 1. The number of fused-ring (bicyclic) bond motifs is 1. The van der Waals surface area contributed by atoms with E-state index in [1.807, 2.05) is 20.8 Å². The molecule has 2 aromatic rings. The molecule has 1 aromatic carbocycles. The van der Waals surface area contributed by atoms with E-state index < -0.39 is 4.92 Å². The van der Waals surface area contributed by atoms with Gasteiger partial charge < -0.3 is 10.3 Å². The molecule has 0 fully saturated rings. The number of hydrogen-bond donors (Lipinski definition) is 2. The van der Waals surface area contributed by atoms with Gasteiger partial charge in [0, 0.05) is 18.6 Å². The Hall–Kier alpha value is -2.44. The maximum absolute atomic E-state index is 11.8. The lowest BCUT2D eigenvalue weighted by atomic mass is 10.1. The van der Waals surface area contributed by atoms with Crippen LogP contribution >= 0.6 is 0 Å². The number of aromatic amines is 1. The summed E-state index contributed by atoms with van der Waals surface area (Å²) in [5.74, 6) is 0.835. The molecule has 0 aliphatic rings. The Morgan fingerprint density at radius 3 is 2.76 bits per heavy atom. The van der Waals surface area contributed by atoms with Gasteiger partial charge in [-0.05, 0) is 18.9 Å².